The molecule has 0 aromatic heterocycles. The van der Waals surface area contributed by atoms with Crippen LogP contribution in [0.15, 0.2) is 48.5 Å². The van der Waals surface area contributed by atoms with Crippen molar-refractivity contribution < 1.29 is 0 Å². The van der Waals surface area contributed by atoms with Crippen molar-refractivity contribution in [2.45, 2.75) is 12.8 Å². The van der Waals surface area contributed by atoms with Crippen LogP contribution in [0.2, 0.25) is 0 Å². The molecule has 1 aliphatic rings. The monoisotopic (exact) mass is 232 g/mol. The van der Waals surface area contributed by atoms with Crippen LogP contribution < -0.4 is 0 Å². The second-order valence-electron chi connectivity index (χ2n) is 3.98. The summed E-state index contributed by atoms with van der Waals surface area (Å²) in [6, 6.07) is 20.6. The van der Waals surface area contributed by atoms with Crippen LogP contribution in [-0.4, -0.2) is 0 Å². The van der Waals surface area contributed by atoms with Gasteiger partial charge in [0.15, 0.2) is 0 Å². The van der Waals surface area contributed by atoms with E-state index in [4.69, 9.17) is 10.5 Å². The van der Waals surface area contributed by atoms with E-state index in [2.05, 4.69) is 48.5 Å². The quantitative estimate of drug-likeness (QED) is 0.593. The third-order valence-electron chi connectivity index (χ3n) is 2.86. The Balaban J connectivity index is 0.000000209. The van der Waals surface area contributed by atoms with Gasteiger partial charge < -0.3 is 0 Å². The molecule has 2 nitrogen and oxygen atoms in total. The second-order valence-corrected chi connectivity index (χ2v) is 3.98. The van der Waals surface area contributed by atoms with Gasteiger partial charge in [-0.3, -0.25) is 0 Å². The maximum atomic E-state index is 7.59. The summed E-state index contributed by atoms with van der Waals surface area (Å²) in [6.07, 6.45) is 1.10. The van der Waals surface area contributed by atoms with Crippen LogP contribution >= 0.6 is 0 Å². The average molecular weight is 232 g/mol. The summed E-state index contributed by atoms with van der Waals surface area (Å²) in [4.78, 5) is 0. The van der Waals surface area contributed by atoms with E-state index in [1.807, 2.05) is 0 Å². The van der Waals surface area contributed by atoms with Crippen LogP contribution in [0.3, 0.4) is 0 Å². The fraction of sp³-hybridized carbons (Fsp3) is 0.125. The van der Waals surface area contributed by atoms with E-state index >= 15 is 0 Å². The molecular weight excluding hydrogens is 220 g/mol. The van der Waals surface area contributed by atoms with Gasteiger partial charge in [0.05, 0.1) is 12.1 Å². The molecule has 2 heteroatoms. The second kappa shape index (κ2) is 5.66. The number of nitriles is 2. The van der Waals surface area contributed by atoms with Gasteiger partial charge in [0.2, 0.25) is 0 Å². The highest BCUT2D eigenvalue weighted by atomic mass is 14.3. The molecule has 1 aliphatic carbocycles. The van der Waals surface area contributed by atoms with Crippen LogP contribution in [0.5, 0.6) is 0 Å². The Hall–Kier alpha value is -2.58. The van der Waals surface area contributed by atoms with E-state index in [9.17, 15) is 0 Å². The van der Waals surface area contributed by atoms with Crippen LogP contribution in [0.4, 0.5) is 0 Å². The number of hydrogen-bond donors (Lipinski definition) is 0. The highest BCUT2D eigenvalue weighted by Gasteiger charge is 2.15. The van der Waals surface area contributed by atoms with E-state index < -0.39 is 0 Å². The highest BCUT2D eigenvalue weighted by Crippen LogP contribution is 2.35. The predicted molar refractivity (Wildman–Crippen MR) is 70.5 cm³/mol. The zero-order valence-electron chi connectivity index (χ0n) is 9.93. The average Bonchev–Trinajstić information content (AvgIpc) is 2.79. The topological polar surface area (TPSA) is 47.6 Å². The number of nitrogens with zero attached hydrogens (tertiary/aromatic N) is 2. The lowest BCUT2D eigenvalue weighted by Crippen LogP contribution is -1.77. The molecule has 0 unspecified atom stereocenters. The number of hydrogen-bond acceptors (Lipinski definition) is 2. The van der Waals surface area contributed by atoms with Crippen LogP contribution in [0.25, 0.3) is 11.1 Å². The Morgan fingerprint density at radius 2 is 1.22 bits per heavy atom. The molecule has 0 saturated carbocycles. The van der Waals surface area contributed by atoms with Crippen molar-refractivity contribution in [1.29, 1.82) is 10.5 Å². The lowest BCUT2D eigenvalue weighted by atomic mass is 10.1. The molecule has 2 aromatic carbocycles. The van der Waals surface area contributed by atoms with E-state index in [0.29, 0.717) is 0 Å². The SMILES string of the molecule is N#CCC#N.c1ccc2c(c1)Cc1ccccc1-2. The minimum absolute atomic E-state index is 0. The lowest BCUT2D eigenvalue weighted by Gasteiger charge is -1.98. The van der Waals surface area contributed by atoms with Crippen molar-refractivity contribution in [3.63, 3.8) is 0 Å². The zero-order chi connectivity index (χ0) is 12.8. The van der Waals surface area contributed by atoms with Crippen molar-refractivity contribution >= 4 is 0 Å². The molecule has 0 aliphatic heterocycles. The first-order valence-electron chi connectivity index (χ1n) is 5.77. The minimum Gasteiger partial charge on any atom is -0.197 e. The molecule has 3 rings (SSSR count). The fourth-order valence-electron chi connectivity index (χ4n) is 2.11. The zero-order valence-corrected chi connectivity index (χ0v) is 9.93. The van der Waals surface area contributed by atoms with E-state index in [-0.39, 0.29) is 6.42 Å². The normalized spacial score (nSPS) is 10.1. The smallest absolute Gasteiger partial charge is 0.122 e. The summed E-state index contributed by atoms with van der Waals surface area (Å²) in [6.45, 7) is 0. The van der Waals surface area contributed by atoms with Gasteiger partial charge in [-0.1, -0.05) is 48.5 Å². The van der Waals surface area contributed by atoms with Crippen molar-refractivity contribution in [1.82, 2.24) is 0 Å². The van der Waals surface area contributed by atoms with Gasteiger partial charge in [-0.25, -0.2) is 0 Å². The Bertz CT molecular complexity index is 575. The third kappa shape index (κ3) is 2.39. The number of rotatable bonds is 0. The molecule has 0 amide bonds. The molecule has 0 radical (unpaired) electrons. The Kier molecular flexibility index (Phi) is 3.74. The van der Waals surface area contributed by atoms with Gasteiger partial charge in [0.1, 0.15) is 6.42 Å². The largest absolute Gasteiger partial charge is 0.197 e. The summed E-state index contributed by atoms with van der Waals surface area (Å²) in [5, 5.41) is 15.2. The maximum absolute atomic E-state index is 7.59. The van der Waals surface area contributed by atoms with Gasteiger partial charge >= 0.3 is 0 Å². The van der Waals surface area contributed by atoms with E-state index in [1.165, 1.54) is 22.3 Å². The first-order chi connectivity index (χ1) is 8.86. The van der Waals surface area contributed by atoms with Crippen molar-refractivity contribution in [3.8, 4) is 23.3 Å². The molecule has 18 heavy (non-hydrogen) atoms. The predicted octanol–water partition coefficient (Wildman–Crippen LogP) is 3.68. The first kappa shape index (κ1) is 11.9. The van der Waals surface area contributed by atoms with Crippen LogP contribution in [0.1, 0.15) is 17.5 Å². The summed E-state index contributed by atoms with van der Waals surface area (Å²) < 4.78 is 0. The van der Waals surface area contributed by atoms with Gasteiger partial charge in [-0.05, 0) is 28.7 Å². The molecule has 0 saturated heterocycles. The van der Waals surface area contributed by atoms with E-state index in [0.717, 1.165) is 6.42 Å². The van der Waals surface area contributed by atoms with Crippen LogP contribution in [0, 0.1) is 22.7 Å². The molecule has 86 valence electrons. The van der Waals surface area contributed by atoms with Gasteiger partial charge in [0.25, 0.3) is 0 Å². The van der Waals surface area contributed by atoms with Gasteiger partial charge in [-0.15, -0.1) is 0 Å². The maximum Gasteiger partial charge on any atom is 0.122 e. The molecule has 0 N–H and O–H groups in total. The van der Waals surface area contributed by atoms with Crippen molar-refractivity contribution in [2.24, 2.45) is 0 Å². The number of benzene rings is 2. The summed E-state index contributed by atoms with van der Waals surface area (Å²) >= 11 is 0. The van der Waals surface area contributed by atoms with Crippen molar-refractivity contribution in [3.05, 3.63) is 59.7 Å². The number of fused-ring (bicyclic) bond motifs is 3. The fourth-order valence-corrected chi connectivity index (χ4v) is 2.11. The lowest BCUT2D eigenvalue weighted by molar-refractivity contribution is 1.26. The third-order valence-corrected chi connectivity index (χ3v) is 2.86. The molecule has 0 spiro atoms. The summed E-state index contributed by atoms with van der Waals surface area (Å²) in [7, 11) is 0. The van der Waals surface area contributed by atoms with E-state index in [1.54, 1.807) is 12.1 Å². The summed E-state index contributed by atoms with van der Waals surface area (Å²) in [5.41, 5.74) is 5.75. The Labute approximate surface area is 107 Å². The molecular formula is C16H12N2. The Morgan fingerprint density at radius 1 is 0.778 bits per heavy atom. The first-order valence-corrected chi connectivity index (χ1v) is 5.77. The van der Waals surface area contributed by atoms with Crippen molar-refractivity contribution in [2.75, 3.05) is 0 Å². The molecule has 0 atom stereocenters. The molecule has 0 bridgehead atoms. The molecule has 0 fully saturated rings. The Morgan fingerprint density at radius 3 is 1.61 bits per heavy atom. The minimum atomic E-state index is 0. The van der Waals surface area contributed by atoms with Gasteiger partial charge in [0, 0.05) is 0 Å². The standard InChI is InChI=1S/C13H10.C3H2N2/c1-3-7-12-10(5-1)9-11-6-2-4-8-13(11)12;4-2-1-3-5/h1-8H,9H2;1H2. The summed E-state index contributed by atoms with van der Waals surface area (Å²) in [5.74, 6) is 0. The molecule has 0 heterocycles. The molecule has 2 aromatic rings. The highest BCUT2D eigenvalue weighted by molar-refractivity contribution is 5.76. The van der Waals surface area contributed by atoms with Gasteiger partial charge in [-0.2, -0.15) is 10.5 Å². The van der Waals surface area contributed by atoms with Crippen LogP contribution in [-0.2, 0) is 6.42 Å².